The molecule has 0 N–H and O–H groups in total. The fraction of sp³-hybridized carbons (Fsp3) is 0. The number of rotatable bonds is 5. The molecule has 0 aliphatic carbocycles. The summed E-state index contributed by atoms with van der Waals surface area (Å²) >= 11 is 1.85. The Bertz CT molecular complexity index is 2850. The molecule has 0 aliphatic heterocycles. The lowest BCUT2D eigenvalue weighted by molar-refractivity contribution is 0.669. The zero-order chi connectivity index (χ0) is 32.3. The van der Waals surface area contributed by atoms with Crippen molar-refractivity contribution in [3.05, 3.63) is 176 Å². The van der Waals surface area contributed by atoms with Gasteiger partial charge in [-0.3, -0.25) is 0 Å². The van der Waals surface area contributed by atoms with Gasteiger partial charge in [0.05, 0.1) is 22.4 Å². The summed E-state index contributed by atoms with van der Waals surface area (Å²) in [5.41, 5.74) is 9.75. The van der Waals surface area contributed by atoms with Crippen LogP contribution in [0.5, 0.6) is 0 Å². The number of thiophene rings is 1. The monoisotopic (exact) mass is 643 g/mol. The Labute approximate surface area is 287 Å². The molecule has 0 radical (unpaired) electrons. The van der Waals surface area contributed by atoms with Crippen LogP contribution in [0.3, 0.4) is 0 Å². The van der Waals surface area contributed by atoms with E-state index in [4.69, 9.17) is 4.42 Å². The van der Waals surface area contributed by atoms with Crippen LogP contribution in [-0.2, 0) is 0 Å². The van der Waals surface area contributed by atoms with Gasteiger partial charge in [-0.2, -0.15) is 0 Å². The van der Waals surface area contributed by atoms with Gasteiger partial charge in [0.2, 0.25) is 0 Å². The van der Waals surface area contributed by atoms with E-state index in [0.29, 0.717) is 0 Å². The molecule has 0 atom stereocenters. The zero-order valence-electron chi connectivity index (χ0n) is 26.5. The maximum atomic E-state index is 6.46. The summed E-state index contributed by atoms with van der Waals surface area (Å²) in [6.07, 6.45) is 0. The highest BCUT2D eigenvalue weighted by Gasteiger charge is 2.24. The van der Waals surface area contributed by atoms with Crippen LogP contribution in [0.4, 0.5) is 17.1 Å². The number of nitrogens with zero attached hydrogens (tertiary/aromatic N) is 1. The number of para-hydroxylation sites is 3. The van der Waals surface area contributed by atoms with Crippen molar-refractivity contribution >= 4 is 81.3 Å². The number of benzene rings is 8. The average molecular weight is 644 g/mol. The van der Waals surface area contributed by atoms with Gasteiger partial charge in [-0.15, -0.1) is 11.3 Å². The fourth-order valence-electron chi connectivity index (χ4n) is 7.49. The van der Waals surface area contributed by atoms with Crippen molar-refractivity contribution in [1.29, 1.82) is 0 Å². The molecule has 0 unspecified atom stereocenters. The first-order valence-electron chi connectivity index (χ1n) is 16.6. The highest BCUT2D eigenvalue weighted by atomic mass is 32.1. The Hall–Kier alpha value is -6.16. The van der Waals surface area contributed by atoms with Crippen LogP contribution in [0.2, 0.25) is 0 Å². The van der Waals surface area contributed by atoms with Gasteiger partial charge >= 0.3 is 0 Å². The first kappa shape index (κ1) is 27.9. The Morgan fingerprint density at radius 2 is 0.980 bits per heavy atom. The summed E-state index contributed by atoms with van der Waals surface area (Å²) < 4.78 is 9.07. The number of fused-ring (bicyclic) bond motifs is 7. The van der Waals surface area contributed by atoms with Gasteiger partial charge in [0.15, 0.2) is 0 Å². The van der Waals surface area contributed by atoms with Gasteiger partial charge in [0.25, 0.3) is 0 Å². The van der Waals surface area contributed by atoms with Crippen molar-refractivity contribution < 1.29 is 4.42 Å². The third-order valence-electron chi connectivity index (χ3n) is 9.68. The molecule has 10 rings (SSSR count). The van der Waals surface area contributed by atoms with E-state index in [1.165, 1.54) is 42.1 Å². The minimum absolute atomic E-state index is 0.870. The summed E-state index contributed by atoms with van der Waals surface area (Å²) in [7, 11) is 0. The van der Waals surface area contributed by atoms with E-state index in [9.17, 15) is 0 Å². The molecule has 8 aromatic carbocycles. The third-order valence-corrected chi connectivity index (χ3v) is 10.8. The van der Waals surface area contributed by atoms with E-state index in [1.54, 1.807) is 0 Å². The second-order valence-corrected chi connectivity index (χ2v) is 13.5. The predicted molar refractivity (Wildman–Crippen MR) is 210 cm³/mol. The summed E-state index contributed by atoms with van der Waals surface area (Å²) in [6, 6.07) is 63.3. The first-order valence-corrected chi connectivity index (χ1v) is 17.4. The smallest absolute Gasteiger partial charge is 0.137 e. The molecule has 0 spiro atoms. The topological polar surface area (TPSA) is 16.4 Å². The van der Waals surface area contributed by atoms with Gasteiger partial charge in [0.1, 0.15) is 11.2 Å². The largest absolute Gasteiger partial charge is 0.456 e. The molecule has 0 fully saturated rings. The van der Waals surface area contributed by atoms with Crippen molar-refractivity contribution in [3.8, 4) is 22.3 Å². The Morgan fingerprint density at radius 3 is 1.88 bits per heavy atom. The van der Waals surface area contributed by atoms with Crippen molar-refractivity contribution in [2.24, 2.45) is 0 Å². The number of hydrogen-bond donors (Lipinski definition) is 0. The molecule has 0 bridgehead atoms. The van der Waals surface area contributed by atoms with Crippen LogP contribution in [0.1, 0.15) is 0 Å². The van der Waals surface area contributed by atoms with Crippen LogP contribution in [0.25, 0.3) is 75.1 Å². The van der Waals surface area contributed by atoms with Crippen molar-refractivity contribution in [2.45, 2.75) is 0 Å². The number of anilines is 3. The van der Waals surface area contributed by atoms with Crippen molar-refractivity contribution in [3.63, 3.8) is 0 Å². The highest BCUT2D eigenvalue weighted by Crippen LogP contribution is 2.49. The third kappa shape index (κ3) is 4.47. The standard InChI is InChI=1S/C46H29NOS/c1-2-15-32-30(13-1)14-11-20-34(32)35-17-4-8-22-40(35)47(41-23-12-25-43-46(41)37-19-5-9-24-42(37)48-43)39-21-7-3-16-33(39)31-27-28-45-38(29-31)36-18-6-10-26-44(36)49-45/h1-29H. The van der Waals surface area contributed by atoms with Crippen LogP contribution < -0.4 is 4.90 Å². The summed E-state index contributed by atoms with van der Waals surface area (Å²) in [5, 5.41) is 7.24. The van der Waals surface area contributed by atoms with E-state index in [1.807, 2.05) is 17.4 Å². The molecule has 0 amide bonds. The second-order valence-electron chi connectivity index (χ2n) is 12.5. The minimum Gasteiger partial charge on any atom is -0.456 e. The molecule has 0 saturated heterocycles. The lowest BCUT2D eigenvalue weighted by Crippen LogP contribution is -2.13. The van der Waals surface area contributed by atoms with E-state index in [0.717, 1.165) is 50.1 Å². The normalized spacial score (nSPS) is 11.7. The van der Waals surface area contributed by atoms with E-state index in [-0.39, 0.29) is 0 Å². The maximum absolute atomic E-state index is 6.46. The second kappa shape index (κ2) is 11.2. The van der Waals surface area contributed by atoms with Gasteiger partial charge in [-0.1, -0.05) is 127 Å². The lowest BCUT2D eigenvalue weighted by Gasteiger charge is -2.30. The lowest BCUT2D eigenvalue weighted by atomic mass is 9.94. The molecule has 2 nitrogen and oxygen atoms in total. The Morgan fingerprint density at radius 1 is 0.388 bits per heavy atom. The fourth-order valence-corrected chi connectivity index (χ4v) is 8.58. The number of hydrogen-bond acceptors (Lipinski definition) is 3. The highest BCUT2D eigenvalue weighted by molar-refractivity contribution is 7.25. The molecular weight excluding hydrogens is 615 g/mol. The summed E-state index contributed by atoms with van der Waals surface area (Å²) in [4.78, 5) is 2.45. The van der Waals surface area contributed by atoms with E-state index < -0.39 is 0 Å². The maximum Gasteiger partial charge on any atom is 0.137 e. The predicted octanol–water partition coefficient (Wildman–Crippen LogP) is 13.9. The molecule has 2 aromatic heterocycles. The zero-order valence-corrected chi connectivity index (χ0v) is 27.3. The van der Waals surface area contributed by atoms with Gasteiger partial charge in [-0.25, -0.2) is 0 Å². The molecule has 10 aromatic rings. The van der Waals surface area contributed by atoms with Crippen molar-refractivity contribution in [2.75, 3.05) is 4.90 Å². The van der Waals surface area contributed by atoms with Gasteiger partial charge in [0, 0.05) is 36.7 Å². The average Bonchev–Trinajstić information content (AvgIpc) is 3.74. The molecular formula is C46H29NOS. The Balaban J connectivity index is 1.29. The first-order chi connectivity index (χ1) is 24.3. The molecule has 3 heteroatoms. The summed E-state index contributed by atoms with van der Waals surface area (Å²) in [6.45, 7) is 0. The van der Waals surface area contributed by atoms with Crippen LogP contribution >= 0.6 is 11.3 Å². The Kier molecular flexibility index (Phi) is 6.39. The SMILES string of the molecule is c1ccc(N(c2ccccc2-c2cccc3ccccc23)c2cccc3oc4ccccc4c23)c(-c2ccc3sc4ccccc4c3c2)c1. The molecule has 0 saturated carbocycles. The summed E-state index contributed by atoms with van der Waals surface area (Å²) in [5.74, 6) is 0. The quantitative estimate of drug-likeness (QED) is 0.186. The van der Waals surface area contributed by atoms with Crippen LogP contribution in [0, 0.1) is 0 Å². The minimum atomic E-state index is 0.870. The molecule has 2 heterocycles. The molecule has 230 valence electrons. The molecule has 49 heavy (non-hydrogen) atoms. The van der Waals surface area contributed by atoms with Gasteiger partial charge in [-0.05, 0) is 70.4 Å². The van der Waals surface area contributed by atoms with Crippen LogP contribution in [-0.4, -0.2) is 0 Å². The van der Waals surface area contributed by atoms with Crippen molar-refractivity contribution in [1.82, 2.24) is 0 Å². The van der Waals surface area contributed by atoms with E-state index in [2.05, 4.69) is 175 Å². The van der Waals surface area contributed by atoms with E-state index >= 15 is 0 Å². The number of furan rings is 1. The molecule has 0 aliphatic rings. The van der Waals surface area contributed by atoms with Crippen LogP contribution in [0.15, 0.2) is 180 Å². The van der Waals surface area contributed by atoms with Gasteiger partial charge < -0.3 is 9.32 Å².